The molecule has 0 saturated carbocycles. The minimum atomic E-state index is 0. The molecule has 1 atom stereocenters. The first kappa shape index (κ1) is 25.6. The summed E-state index contributed by atoms with van der Waals surface area (Å²) < 4.78 is 11.2. The Morgan fingerprint density at radius 3 is 2.32 bits per heavy atom. The Kier molecular flexibility index (Phi) is 12.6. The van der Waals surface area contributed by atoms with Gasteiger partial charge in [-0.05, 0) is 30.9 Å². The minimum Gasteiger partial charge on any atom is -0.381 e. The van der Waals surface area contributed by atoms with Crippen LogP contribution in [-0.2, 0) is 9.47 Å². The summed E-state index contributed by atoms with van der Waals surface area (Å²) in [5.74, 6) is 1.67. The summed E-state index contributed by atoms with van der Waals surface area (Å²) in [7, 11) is 0. The molecule has 2 aromatic carbocycles. The first-order valence-corrected chi connectivity index (χ1v) is 11.1. The molecule has 0 bridgehead atoms. The molecule has 0 amide bonds. The molecular weight excluding hydrogens is 501 g/mol. The van der Waals surface area contributed by atoms with Crippen LogP contribution >= 0.6 is 24.0 Å². The smallest absolute Gasteiger partial charge is 0.191 e. The number of ether oxygens (including phenoxy) is 2. The lowest BCUT2D eigenvalue weighted by molar-refractivity contribution is 0.0888. The summed E-state index contributed by atoms with van der Waals surface area (Å²) in [6.07, 6.45) is 2.08. The van der Waals surface area contributed by atoms with E-state index in [0.29, 0.717) is 12.5 Å². The van der Waals surface area contributed by atoms with Gasteiger partial charge in [-0.1, -0.05) is 60.7 Å². The number of hydrogen-bond acceptors (Lipinski definition) is 3. The number of benzene rings is 2. The van der Waals surface area contributed by atoms with Crippen LogP contribution < -0.4 is 10.6 Å². The molecule has 1 fully saturated rings. The van der Waals surface area contributed by atoms with Crippen molar-refractivity contribution in [3.63, 3.8) is 0 Å². The van der Waals surface area contributed by atoms with Crippen LogP contribution in [0.2, 0.25) is 0 Å². The van der Waals surface area contributed by atoms with Crippen LogP contribution in [0.3, 0.4) is 0 Å². The molecule has 170 valence electrons. The van der Waals surface area contributed by atoms with E-state index < -0.39 is 0 Å². The van der Waals surface area contributed by atoms with Crippen LogP contribution in [0, 0.1) is 5.92 Å². The number of aliphatic imine (C=N–C) groups is 1. The molecule has 1 aliphatic heterocycles. The molecule has 0 aliphatic carbocycles. The lowest BCUT2D eigenvalue weighted by atomic mass is 9.91. The molecule has 6 heteroatoms. The molecule has 1 unspecified atom stereocenters. The Morgan fingerprint density at radius 2 is 1.74 bits per heavy atom. The third-order valence-electron chi connectivity index (χ3n) is 5.32. The molecule has 3 rings (SSSR count). The molecule has 1 heterocycles. The second-order valence-corrected chi connectivity index (χ2v) is 7.68. The standard InChI is InChI=1S/C25H35N3O2.HI/c1-2-26-25(27-15-9-16-29-19-21-14-17-30-20-21)28-18-24(22-10-5-3-6-11-22)23-12-7-4-8-13-23;/h3-8,10-13,21,24H,2,9,14-20H2,1H3,(H2,26,27,28);1H. The normalized spacial score (nSPS) is 16.2. The largest absolute Gasteiger partial charge is 0.381 e. The molecule has 0 aromatic heterocycles. The van der Waals surface area contributed by atoms with E-state index in [0.717, 1.165) is 58.3 Å². The average molecular weight is 537 g/mol. The molecule has 31 heavy (non-hydrogen) atoms. The van der Waals surface area contributed by atoms with Crippen LogP contribution in [0.4, 0.5) is 0 Å². The van der Waals surface area contributed by atoms with E-state index in [1.54, 1.807) is 0 Å². The summed E-state index contributed by atoms with van der Waals surface area (Å²) in [4.78, 5) is 4.88. The van der Waals surface area contributed by atoms with E-state index in [1.165, 1.54) is 11.1 Å². The van der Waals surface area contributed by atoms with Crippen molar-refractivity contribution in [1.82, 2.24) is 10.6 Å². The van der Waals surface area contributed by atoms with E-state index in [-0.39, 0.29) is 29.9 Å². The first-order chi connectivity index (χ1) is 14.9. The van der Waals surface area contributed by atoms with Gasteiger partial charge in [-0.3, -0.25) is 4.99 Å². The highest BCUT2D eigenvalue weighted by molar-refractivity contribution is 14.0. The molecule has 2 aromatic rings. The minimum absolute atomic E-state index is 0. The monoisotopic (exact) mass is 537 g/mol. The van der Waals surface area contributed by atoms with E-state index in [9.17, 15) is 0 Å². The van der Waals surface area contributed by atoms with Crippen molar-refractivity contribution in [3.05, 3.63) is 71.8 Å². The highest BCUT2D eigenvalue weighted by Crippen LogP contribution is 2.24. The molecule has 5 nitrogen and oxygen atoms in total. The van der Waals surface area contributed by atoms with Gasteiger partial charge in [0.1, 0.15) is 0 Å². The van der Waals surface area contributed by atoms with Crippen molar-refractivity contribution in [2.45, 2.75) is 25.7 Å². The van der Waals surface area contributed by atoms with E-state index in [4.69, 9.17) is 14.5 Å². The Labute approximate surface area is 204 Å². The molecule has 2 N–H and O–H groups in total. The van der Waals surface area contributed by atoms with E-state index in [2.05, 4.69) is 78.2 Å². The van der Waals surface area contributed by atoms with Crippen molar-refractivity contribution in [2.75, 3.05) is 46.1 Å². The molecule has 1 aliphatic rings. The summed E-state index contributed by atoms with van der Waals surface area (Å²) in [6, 6.07) is 21.2. The van der Waals surface area contributed by atoms with Gasteiger partial charge in [0.15, 0.2) is 5.96 Å². The summed E-state index contributed by atoms with van der Waals surface area (Å²) >= 11 is 0. The van der Waals surface area contributed by atoms with E-state index in [1.807, 2.05) is 0 Å². The van der Waals surface area contributed by atoms with Crippen molar-refractivity contribution in [2.24, 2.45) is 10.9 Å². The van der Waals surface area contributed by atoms with Gasteiger partial charge in [0.2, 0.25) is 0 Å². The second kappa shape index (κ2) is 15.2. The maximum Gasteiger partial charge on any atom is 0.191 e. The third-order valence-corrected chi connectivity index (χ3v) is 5.32. The Balaban J connectivity index is 0.00000341. The SMILES string of the molecule is CCNC(=NCC(c1ccccc1)c1ccccc1)NCCCOCC1CCOC1.I. The van der Waals surface area contributed by atoms with Crippen molar-refractivity contribution in [3.8, 4) is 0 Å². The number of nitrogens with one attached hydrogen (secondary N) is 2. The van der Waals surface area contributed by atoms with Crippen LogP contribution in [0.15, 0.2) is 65.7 Å². The maximum absolute atomic E-state index is 5.79. The number of halogens is 1. The van der Waals surface area contributed by atoms with Gasteiger partial charge in [-0.25, -0.2) is 0 Å². The zero-order valence-electron chi connectivity index (χ0n) is 18.5. The van der Waals surface area contributed by atoms with Crippen LogP contribution in [0.5, 0.6) is 0 Å². The zero-order valence-corrected chi connectivity index (χ0v) is 20.8. The highest BCUT2D eigenvalue weighted by atomic mass is 127. The fourth-order valence-electron chi connectivity index (χ4n) is 3.64. The summed E-state index contributed by atoms with van der Waals surface area (Å²) in [5.41, 5.74) is 2.57. The van der Waals surface area contributed by atoms with Gasteiger partial charge < -0.3 is 20.1 Å². The molecule has 0 spiro atoms. The van der Waals surface area contributed by atoms with Gasteiger partial charge in [0.25, 0.3) is 0 Å². The summed E-state index contributed by atoms with van der Waals surface area (Å²) in [5, 5.41) is 6.80. The lowest BCUT2D eigenvalue weighted by Gasteiger charge is -2.18. The van der Waals surface area contributed by atoms with E-state index >= 15 is 0 Å². The highest BCUT2D eigenvalue weighted by Gasteiger charge is 2.15. The van der Waals surface area contributed by atoms with Gasteiger partial charge >= 0.3 is 0 Å². The van der Waals surface area contributed by atoms with Crippen LogP contribution in [0.25, 0.3) is 0 Å². The number of guanidine groups is 1. The van der Waals surface area contributed by atoms with Gasteiger partial charge in [0, 0.05) is 38.1 Å². The lowest BCUT2D eigenvalue weighted by Crippen LogP contribution is -2.38. The second-order valence-electron chi connectivity index (χ2n) is 7.68. The zero-order chi connectivity index (χ0) is 20.9. The van der Waals surface area contributed by atoms with Gasteiger partial charge in [-0.15, -0.1) is 24.0 Å². The topological polar surface area (TPSA) is 54.9 Å². The first-order valence-electron chi connectivity index (χ1n) is 11.1. The fraction of sp³-hybridized carbons (Fsp3) is 0.480. The number of rotatable bonds is 11. The molecule has 0 radical (unpaired) electrons. The molecular formula is C25H36IN3O2. The predicted molar refractivity (Wildman–Crippen MR) is 138 cm³/mol. The third kappa shape index (κ3) is 9.17. The molecule has 1 saturated heterocycles. The van der Waals surface area contributed by atoms with Crippen molar-refractivity contribution < 1.29 is 9.47 Å². The number of nitrogens with zero attached hydrogens (tertiary/aromatic N) is 1. The Hall–Kier alpha value is -1.64. The predicted octanol–water partition coefficient (Wildman–Crippen LogP) is 4.43. The Bertz CT molecular complexity index is 697. The maximum atomic E-state index is 5.79. The van der Waals surface area contributed by atoms with Crippen molar-refractivity contribution in [1.29, 1.82) is 0 Å². The summed E-state index contributed by atoms with van der Waals surface area (Å²) in [6.45, 7) is 7.77. The van der Waals surface area contributed by atoms with Crippen molar-refractivity contribution >= 4 is 29.9 Å². The number of hydrogen-bond donors (Lipinski definition) is 2. The van der Waals surface area contributed by atoms with Gasteiger partial charge in [-0.2, -0.15) is 0 Å². The fourth-order valence-corrected chi connectivity index (χ4v) is 3.64. The van der Waals surface area contributed by atoms with Gasteiger partial charge in [0.05, 0.1) is 19.8 Å². The van der Waals surface area contributed by atoms with Crippen LogP contribution in [-0.4, -0.2) is 52.0 Å². The van der Waals surface area contributed by atoms with Crippen LogP contribution in [0.1, 0.15) is 36.8 Å². The average Bonchev–Trinajstić information content (AvgIpc) is 3.31. The Morgan fingerprint density at radius 1 is 1.06 bits per heavy atom. The quantitative estimate of drug-likeness (QED) is 0.193.